The summed E-state index contributed by atoms with van der Waals surface area (Å²) in [7, 11) is 1.73. The van der Waals surface area contributed by atoms with Gasteiger partial charge in [0.05, 0.1) is 20.3 Å². The first-order valence-electron chi connectivity index (χ1n) is 10.8. The van der Waals surface area contributed by atoms with E-state index in [-0.39, 0.29) is 0 Å². The molecule has 3 aromatic rings. The average Bonchev–Trinajstić information content (AvgIpc) is 2.80. The Kier molecular flexibility index (Phi) is 6.83. The van der Waals surface area contributed by atoms with Crippen LogP contribution in [-0.4, -0.2) is 31.3 Å². The van der Waals surface area contributed by atoms with Crippen molar-refractivity contribution in [2.45, 2.75) is 38.4 Å². The third-order valence-electron chi connectivity index (χ3n) is 6.09. The summed E-state index contributed by atoms with van der Waals surface area (Å²) in [6.07, 6.45) is 1.09. The molecule has 4 rings (SSSR count). The Labute approximate surface area is 180 Å². The summed E-state index contributed by atoms with van der Waals surface area (Å²) in [6, 6.07) is 28.2. The number of aryl methyl sites for hydroxylation is 1. The van der Waals surface area contributed by atoms with Gasteiger partial charge in [-0.05, 0) is 47.7 Å². The normalized spacial score (nSPS) is 19.0. The maximum atomic E-state index is 6.15. The van der Waals surface area contributed by atoms with Gasteiger partial charge in [-0.15, -0.1) is 0 Å². The summed E-state index contributed by atoms with van der Waals surface area (Å²) in [4.78, 5) is 2.58. The molecule has 1 fully saturated rings. The molecule has 2 unspecified atom stereocenters. The summed E-state index contributed by atoms with van der Waals surface area (Å²) < 4.78 is 11.6. The molecule has 0 spiro atoms. The minimum absolute atomic E-state index is 0.370. The van der Waals surface area contributed by atoms with Gasteiger partial charge in [-0.25, -0.2) is 0 Å². The fourth-order valence-electron chi connectivity index (χ4n) is 4.42. The monoisotopic (exact) mass is 401 g/mol. The Morgan fingerprint density at radius 3 is 2.10 bits per heavy atom. The molecule has 156 valence electrons. The van der Waals surface area contributed by atoms with Gasteiger partial charge in [0.2, 0.25) is 0 Å². The second-order valence-corrected chi connectivity index (χ2v) is 8.22. The van der Waals surface area contributed by atoms with Gasteiger partial charge >= 0.3 is 0 Å². The Hall–Kier alpha value is -2.62. The smallest absolute Gasteiger partial charge is 0.119 e. The van der Waals surface area contributed by atoms with Crippen LogP contribution in [-0.2, 0) is 17.8 Å². The highest BCUT2D eigenvalue weighted by Crippen LogP contribution is 2.33. The van der Waals surface area contributed by atoms with Gasteiger partial charge in [-0.2, -0.15) is 0 Å². The van der Waals surface area contributed by atoms with Crippen LogP contribution in [0, 0.1) is 6.92 Å². The molecule has 0 aromatic heterocycles. The minimum Gasteiger partial charge on any atom is -0.497 e. The van der Waals surface area contributed by atoms with E-state index in [2.05, 4.69) is 84.6 Å². The fourth-order valence-corrected chi connectivity index (χ4v) is 4.42. The molecule has 1 aliphatic rings. The maximum Gasteiger partial charge on any atom is 0.119 e. The second kappa shape index (κ2) is 9.92. The van der Waals surface area contributed by atoms with Crippen LogP contribution in [0.2, 0.25) is 0 Å². The second-order valence-electron chi connectivity index (χ2n) is 8.22. The molecule has 0 N–H and O–H groups in total. The van der Waals surface area contributed by atoms with Crippen LogP contribution in [0.5, 0.6) is 5.75 Å². The Morgan fingerprint density at radius 2 is 1.50 bits per heavy atom. The lowest BCUT2D eigenvalue weighted by atomic mass is 9.87. The van der Waals surface area contributed by atoms with E-state index in [1.54, 1.807) is 7.11 Å². The molecule has 0 radical (unpaired) electrons. The van der Waals surface area contributed by atoms with E-state index in [0.29, 0.717) is 12.0 Å². The van der Waals surface area contributed by atoms with E-state index < -0.39 is 0 Å². The number of rotatable bonds is 7. The van der Waals surface area contributed by atoms with Crippen LogP contribution < -0.4 is 4.74 Å². The minimum atomic E-state index is 0.370. The SMILES string of the molecule is COc1ccc(C)c(C2COCC(N(Cc3ccccc3)Cc3ccccc3)C2)c1. The van der Waals surface area contributed by atoms with Crippen molar-refractivity contribution in [3.05, 3.63) is 101 Å². The molecule has 2 atom stereocenters. The Morgan fingerprint density at radius 1 is 0.867 bits per heavy atom. The molecule has 0 amide bonds. The topological polar surface area (TPSA) is 21.7 Å². The van der Waals surface area contributed by atoms with Crippen LogP contribution in [0.25, 0.3) is 0 Å². The van der Waals surface area contributed by atoms with Gasteiger partial charge in [0.25, 0.3) is 0 Å². The van der Waals surface area contributed by atoms with Crippen molar-refractivity contribution < 1.29 is 9.47 Å². The van der Waals surface area contributed by atoms with Gasteiger partial charge < -0.3 is 9.47 Å². The lowest BCUT2D eigenvalue weighted by molar-refractivity contribution is -0.00102. The molecule has 3 nitrogen and oxygen atoms in total. The van der Waals surface area contributed by atoms with Gasteiger partial charge in [0.15, 0.2) is 0 Å². The van der Waals surface area contributed by atoms with Gasteiger partial charge in [-0.3, -0.25) is 4.90 Å². The van der Waals surface area contributed by atoms with E-state index in [1.807, 2.05) is 6.07 Å². The first kappa shape index (κ1) is 20.6. The zero-order valence-corrected chi connectivity index (χ0v) is 18.0. The highest BCUT2D eigenvalue weighted by molar-refractivity contribution is 5.37. The van der Waals surface area contributed by atoms with Gasteiger partial charge in [0.1, 0.15) is 5.75 Å². The third kappa shape index (κ3) is 5.10. The van der Waals surface area contributed by atoms with Crippen molar-refractivity contribution in [2.24, 2.45) is 0 Å². The van der Waals surface area contributed by atoms with Crippen LogP contribution in [0.3, 0.4) is 0 Å². The van der Waals surface area contributed by atoms with E-state index in [0.717, 1.165) is 38.5 Å². The standard InChI is InChI=1S/C27H31NO2/c1-21-13-14-26(29-2)16-27(21)24-15-25(20-30-19-24)28(17-22-9-5-3-6-10-22)18-23-11-7-4-8-12-23/h3-14,16,24-25H,15,17-20H2,1-2H3. The molecular weight excluding hydrogens is 370 g/mol. The lowest BCUT2D eigenvalue weighted by Crippen LogP contribution is -2.42. The summed E-state index contributed by atoms with van der Waals surface area (Å²) >= 11 is 0. The fraction of sp³-hybridized carbons (Fsp3) is 0.333. The maximum absolute atomic E-state index is 6.15. The molecule has 3 heteroatoms. The van der Waals surface area contributed by atoms with Crippen LogP contribution in [0.4, 0.5) is 0 Å². The Bertz CT molecular complexity index is 885. The molecule has 30 heavy (non-hydrogen) atoms. The number of hydrogen-bond acceptors (Lipinski definition) is 3. The number of hydrogen-bond donors (Lipinski definition) is 0. The third-order valence-corrected chi connectivity index (χ3v) is 6.09. The van der Waals surface area contributed by atoms with Crippen LogP contribution in [0.15, 0.2) is 78.9 Å². The summed E-state index contributed by atoms with van der Waals surface area (Å²) in [5.41, 5.74) is 5.34. The molecule has 3 aromatic carbocycles. The average molecular weight is 402 g/mol. The highest BCUT2D eigenvalue weighted by Gasteiger charge is 2.29. The molecular formula is C27H31NO2. The van der Waals surface area contributed by atoms with Crippen molar-refractivity contribution in [3.8, 4) is 5.75 Å². The molecule has 0 aliphatic carbocycles. The van der Waals surface area contributed by atoms with E-state index >= 15 is 0 Å². The number of ether oxygens (including phenoxy) is 2. The largest absolute Gasteiger partial charge is 0.497 e. The quantitative estimate of drug-likeness (QED) is 0.516. The summed E-state index contributed by atoms with van der Waals surface area (Å²) in [6.45, 7) is 5.58. The highest BCUT2D eigenvalue weighted by atomic mass is 16.5. The number of benzene rings is 3. The molecule has 1 heterocycles. The molecule has 0 bridgehead atoms. The molecule has 1 aliphatic heterocycles. The summed E-state index contributed by atoms with van der Waals surface area (Å²) in [5.74, 6) is 1.30. The van der Waals surface area contributed by atoms with Crippen molar-refractivity contribution in [2.75, 3.05) is 20.3 Å². The van der Waals surface area contributed by atoms with Gasteiger partial charge in [0, 0.05) is 25.0 Å². The van der Waals surface area contributed by atoms with Crippen LogP contribution in [0.1, 0.15) is 34.6 Å². The van der Waals surface area contributed by atoms with E-state index in [4.69, 9.17) is 9.47 Å². The van der Waals surface area contributed by atoms with Crippen molar-refractivity contribution in [3.63, 3.8) is 0 Å². The van der Waals surface area contributed by atoms with E-state index in [1.165, 1.54) is 22.3 Å². The number of methoxy groups -OCH3 is 1. The Balaban J connectivity index is 1.56. The van der Waals surface area contributed by atoms with Crippen molar-refractivity contribution >= 4 is 0 Å². The first-order chi connectivity index (χ1) is 14.7. The zero-order valence-electron chi connectivity index (χ0n) is 18.0. The lowest BCUT2D eigenvalue weighted by Gasteiger charge is -2.38. The van der Waals surface area contributed by atoms with Crippen LogP contribution >= 0.6 is 0 Å². The predicted octanol–water partition coefficient (Wildman–Crippen LogP) is 5.58. The first-order valence-corrected chi connectivity index (χ1v) is 10.8. The number of nitrogens with zero attached hydrogens (tertiary/aromatic N) is 1. The van der Waals surface area contributed by atoms with Crippen molar-refractivity contribution in [1.82, 2.24) is 4.90 Å². The summed E-state index contributed by atoms with van der Waals surface area (Å²) in [5, 5.41) is 0. The predicted molar refractivity (Wildman–Crippen MR) is 122 cm³/mol. The molecule has 0 saturated carbocycles. The van der Waals surface area contributed by atoms with Crippen molar-refractivity contribution in [1.29, 1.82) is 0 Å². The van der Waals surface area contributed by atoms with Gasteiger partial charge in [-0.1, -0.05) is 66.7 Å². The van der Waals surface area contributed by atoms with E-state index in [9.17, 15) is 0 Å². The molecule has 1 saturated heterocycles. The zero-order chi connectivity index (χ0) is 20.8.